The van der Waals surface area contributed by atoms with E-state index in [4.69, 9.17) is 0 Å². The second kappa shape index (κ2) is 4.71. The zero-order valence-corrected chi connectivity index (χ0v) is 8.36. The molecule has 1 aromatic rings. The molecule has 1 fully saturated rings. The SMILES string of the molecule is Cl.Fc1ccccc1C(F)C1CNC1. The van der Waals surface area contributed by atoms with Crippen LogP contribution in [0.15, 0.2) is 24.3 Å². The van der Waals surface area contributed by atoms with Gasteiger partial charge in [0, 0.05) is 24.6 Å². The van der Waals surface area contributed by atoms with E-state index in [9.17, 15) is 8.78 Å². The molecule has 1 heterocycles. The van der Waals surface area contributed by atoms with Crippen molar-refractivity contribution in [2.45, 2.75) is 6.17 Å². The Morgan fingerprint density at radius 3 is 2.43 bits per heavy atom. The topological polar surface area (TPSA) is 12.0 Å². The number of benzene rings is 1. The minimum absolute atomic E-state index is 0. The van der Waals surface area contributed by atoms with Crippen LogP contribution in [-0.2, 0) is 0 Å². The summed E-state index contributed by atoms with van der Waals surface area (Å²) in [6.07, 6.45) is -1.16. The Morgan fingerprint density at radius 1 is 1.29 bits per heavy atom. The maximum Gasteiger partial charge on any atom is 0.133 e. The van der Waals surface area contributed by atoms with E-state index < -0.39 is 12.0 Å². The van der Waals surface area contributed by atoms with Crippen molar-refractivity contribution in [3.05, 3.63) is 35.6 Å². The Bertz CT molecular complexity index is 302. The van der Waals surface area contributed by atoms with Gasteiger partial charge in [0.2, 0.25) is 0 Å². The molecule has 78 valence electrons. The van der Waals surface area contributed by atoms with Gasteiger partial charge in [0.25, 0.3) is 0 Å². The fourth-order valence-corrected chi connectivity index (χ4v) is 1.47. The Hall–Kier alpha value is -0.670. The largest absolute Gasteiger partial charge is 0.316 e. The molecular formula is C10H12ClF2N. The standard InChI is InChI=1S/C10H11F2N.ClH/c11-9-4-2-1-3-8(9)10(12)7-5-13-6-7;/h1-4,7,10,13H,5-6H2;1H. The summed E-state index contributed by atoms with van der Waals surface area (Å²) < 4.78 is 26.7. The predicted molar refractivity (Wildman–Crippen MR) is 53.9 cm³/mol. The molecule has 1 unspecified atom stereocenters. The van der Waals surface area contributed by atoms with E-state index >= 15 is 0 Å². The van der Waals surface area contributed by atoms with Crippen molar-refractivity contribution < 1.29 is 8.78 Å². The summed E-state index contributed by atoms with van der Waals surface area (Å²) in [4.78, 5) is 0. The third-order valence-corrected chi connectivity index (χ3v) is 2.43. The Balaban J connectivity index is 0.000000980. The van der Waals surface area contributed by atoms with Crippen LogP contribution in [0.4, 0.5) is 8.78 Å². The van der Waals surface area contributed by atoms with Crippen LogP contribution in [0.1, 0.15) is 11.7 Å². The third kappa shape index (κ3) is 2.04. The van der Waals surface area contributed by atoms with Crippen molar-refractivity contribution in [3.8, 4) is 0 Å². The van der Waals surface area contributed by atoms with Gasteiger partial charge in [0.15, 0.2) is 0 Å². The maximum absolute atomic E-state index is 13.6. The Kier molecular flexibility index (Phi) is 3.84. The molecule has 1 N–H and O–H groups in total. The maximum atomic E-state index is 13.6. The summed E-state index contributed by atoms with van der Waals surface area (Å²) >= 11 is 0. The quantitative estimate of drug-likeness (QED) is 0.806. The number of alkyl halides is 1. The summed E-state index contributed by atoms with van der Waals surface area (Å²) in [5.41, 5.74) is 0.189. The molecule has 2 rings (SSSR count). The first kappa shape index (κ1) is 11.4. The minimum Gasteiger partial charge on any atom is -0.316 e. The fraction of sp³-hybridized carbons (Fsp3) is 0.400. The van der Waals surface area contributed by atoms with E-state index in [1.807, 2.05) is 0 Å². The first-order valence-corrected chi connectivity index (χ1v) is 4.38. The molecule has 0 bridgehead atoms. The van der Waals surface area contributed by atoms with Gasteiger partial charge in [0.05, 0.1) is 0 Å². The summed E-state index contributed by atoms with van der Waals surface area (Å²) in [5.74, 6) is -0.501. The molecule has 0 amide bonds. The fourth-order valence-electron chi connectivity index (χ4n) is 1.47. The van der Waals surface area contributed by atoms with Crippen molar-refractivity contribution in [2.75, 3.05) is 13.1 Å². The van der Waals surface area contributed by atoms with Crippen LogP contribution in [0.5, 0.6) is 0 Å². The highest BCUT2D eigenvalue weighted by molar-refractivity contribution is 5.85. The number of hydrogen-bond donors (Lipinski definition) is 1. The van der Waals surface area contributed by atoms with E-state index in [1.165, 1.54) is 12.1 Å². The van der Waals surface area contributed by atoms with Crippen molar-refractivity contribution in [2.24, 2.45) is 5.92 Å². The molecule has 0 saturated carbocycles. The highest BCUT2D eigenvalue weighted by Crippen LogP contribution is 2.30. The lowest BCUT2D eigenvalue weighted by Crippen LogP contribution is -2.44. The van der Waals surface area contributed by atoms with Crippen LogP contribution >= 0.6 is 12.4 Å². The van der Waals surface area contributed by atoms with Crippen molar-refractivity contribution >= 4 is 12.4 Å². The monoisotopic (exact) mass is 219 g/mol. The van der Waals surface area contributed by atoms with Gasteiger partial charge in [-0.2, -0.15) is 0 Å². The Labute approximate surface area is 87.9 Å². The van der Waals surface area contributed by atoms with E-state index in [1.54, 1.807) is 12.1 Å². The van der Waals surface area contributed by atoms with E-state index in [-0.39, 0.29) is 23.9 Å². The molecule has 0 spiro atoms. The van der Waals surface area contributed by atoms with Gasteiger partial charge in [0.1, 0.15) is 12.0 Å². The average Bonchev–Trinajstić information content (AvgIpc) is 2.01. The van der Waals surface area contributed by atoms with E-state index in [0.29, 0.717) is 13.1 Å². The van der Waals surface area contributed by atoms with Crippen LogP contribution in [-0.4, -0.2) is 13.1 Å². The first-order chi connectivity index (χ1) is 6.29. The molecule has 0 radical (unpaired) electrons. The zero-order valence-electron chi connectivity index (χ0n) is 7.54. The first-order valence-electron chi connectivity index (χ1n) is 4.38. The van der Waals surface area contributed by atoms with Gasteiger partial charge >= 0.3 is 0 Å². The van der Waals surface area contributed by atoms with E-state index in [2.05, 4.69) is 5.32 Å². The van der Waals surface area contributed by atoms with Gasteiger partial charge in [-0.25, -0.2) is 8.78 Å². The lowest BCUT2D eigenvalue weighted by Gasteiger charge is -2.30. The third-order valence-electron chi connectivity index (χ3n) is 2.43. The minimum atomic E-state index is -1.16. The van der Waals surface area contributed by atoms with Gasteiger partial charge in [-0.15, -0.1) is 12.4 Å². The lowest BCUT2D eigenvalue weighted by molar-refractivity contribution is 0.167. The molecule has 0 aromatic heterocycles. The molecule has 1 aliphatic heterocycles. The molecule has 14 heavy (non-hydrogen) atoms. The molecular weight excluding hydrogens is 208 g/mol. The summed E-state index contributed by atoms with van der Waals surface area (Å²) in [5, 5.41) is 2.97. The molecule has 1 saturated heterocycles. The predicted octanol–water partition coefficient (Wildman–Crippen LogP) is 2.48. The van der Waals surface area contributed by atoms with Crippen LogP contribution in [0, 0.1) is 11.7 Å². The normalized spacial score (nSPS) is 18.1. The van der Waals surface area contributed by atoms with Gasteiger partial charge in [-0.05, 0) is 6.07 Å². The number of nitrogens with one attached hydrogen (secondary N) is 1. The van der Waals surface area contributed by atoms with Crippen LogP contribution in [0.25, 0.3) is 0 Å². The van der Waals surface area contributed by atoms with Gasteiger partial charge in [-0.3, -0.25) is 0 Å². The molecule has 4 heteroatoms. The second-order valence-electron chi connectivity index (χ2n) is 3.34. The van der Waals surface area contributed by atoms with E-state index in [0.717, 1.165) is 0 Å². The second-order valence-corrected chi connectivity index (χ2v) is 3.34. The lowest BCUT2D eigenvalue weighted by atomic mass is 9.92. The van der Waals surface area contributed by atoms with Gasteiger partial charge < -0.3 is 5.32 Å². The van der Waals surface area contributed by atoms with Gasteiger partial charge in [-0.1, -0.05) is 18.2 Å². The highest BCUT2D eigenvalue weighted by atomic mass is 35.5. The molecule has 1 atom stereocenters. The molecule has 1 aromatic carbocycles. The number of hydrogen-bond acceptors (Lipinski definition) is 1. The summed E-state index contributed by atoms with van der Waals surface area (Å²) in [7, 11) is 0. The highest BCUT2D eigenvalue weighted by Gasteiger charge is 2.29. The molecule has 0 aliphatic carbocycles. The smallest absolute Gasteiger partial charge is 0.133 e. The van der Waals surface area contributed by atoms with Crippen LogP contribution < -0.4 is 5.32 Å². The number of rotatable bonds is 2. The zero-order chi connectivity index (χ0) is 9.26. The van der Waals surface area contributed by atoms with Crippen LogP contribution in [0.2, 0.25) is 0 Å². The van der Waals surface area contributed by atoms with Crippen molar-refractivity contribution in [3.63, 3.8) is 0 Å². The van der Waals surface area contributed by atoms with Crippen molar-refractivity contribution in [1.82, 2.24) is 5.32 Å². The van der Waals surface area contributed by atoms with Crippen molar-refractivity contribution in [1.29, 1.82) is 0 Å². The molecule has 1 nitrogen and oxygen atoms in total. The number of halogens is 3. The summed E-state index contributed by atoms with van der Waals surface area (Å²) in [6.45, 7) is 1.30. The van der Waals surface area contributed by atoms with Crippen LogP contribution in [0.3, 0.4) is 0 Å². The Morgan fingerprint density at radius 2 is 1.93 bits per heavy atom. The average molecular weight is 220 g/mol. The molecule has 1 aliphatic rings. The summed E-state index contributed by atoms with van der Waals surface area (Å²) in [6, 6.07) is 6.05.